The van der Waals surface area contributed by atoms with E-state index in [1.165, 1.54) is 6.07 Å². The molecule has 0 atom stereocenters. The van der Waals surface area contributed by atoms with E-state index in [0.29, 0.717) is 22.8 Å². The lowest BCUT2D eigenvalue weighted by Gasteiger charge is -2.26. The maximum Gasteiger partial charge on any atom is 0.312 e. The standard InChI is InChI=1S/C13H21BrN4O2/c1-10(2)9-17(6-5-16(3)4)13-12(18(19)20)7-11(14)8-15-13/h7-8,10H,5-6,9H2,1-4H3. The number of likely N-dealkylation sites (N-methyl/N-ethyl adjacent to an activating group) is 1. The molecular weight excluding hydrogens is 324 g/mol. The number of anilines is 1. The summed E-state index contributed by atoms with van der Waals surface area (Å²) in [4.78, 5) is 19.1. The van der Waals surface area contributed by atoms with Crippen molar-refractivity contribution in [2.45, 2.75) is 13.8 Å². The number of pyridine rings is 1. The van der Waals surface area contributed by atoms with Crippen molar-refractivity contribution in [1.82, 2.24) is 9.88 Å². The van der Waals surface area contributed by atoms with Crippen molar-refractivity contribution in [1.29, 1.82) is 0 Å². The van der Waals surface area contributed by atoms with Crippen molar-refractivity contribution in [3.05, 3.63) is 26.9 Å². The molecule has 0 aliphatic heterocycles. The molecule has 0 aliphatic rings. The van der Waals surface area contributed by atoms with Gasteiger partial charge >= 0.3 is 5.69 Å². The summed E-state index contributed by atoms with van der Waals surface area (Å²) in [5.74, 6) is 0.843. The molecule has 0 saturated carbocycles. The lowest BCUT2D eigenvalue weighted by Crippen LogP contribution is -2.35. The second-order valence-corrected chi connectivity index (χ2v) is 6.31. The molecule has 0 radical (unpaired) electrons. The Morgan fingerprint density at radius 3 is 2.55 bits per heavy atom. The first-order valence-electron chi connectivity index (χ1n) is 6.51. The van der Waals surface area contributed by atoms with E-state index in [4.69, 9.17) is 0 Å². The van der Waals surface area contributed by atoms with Crippen LogP contribution in [-0.2, 0) is 0 Å². The highest BCUT2D eigenvalue weighted by Gasteiger charge is 2.22. The number of hydrogen-bond acceptors (Lipinski definition) is 5. The van der Waals surface area contributed by atoms with Crippen LogP contribution >= 0.6 is 15.9 Å². The largest absolute Gasteiger partial charge is 0.349 e. The highest BCUT2D eigenvalue weighted by Crippen LogP contribution is 2.28. The van der Waals surface area contributed by atoms with Crippen LogP contribution in [-0.4, -0.2) is 48.5 Å². The molecule has 0 fully saturated rings. The Morgan fingerprint density at radius 2 is 2.05 bits per heavy atom. The summed E-state index contributed by atoms with van der Waals surface area (Å²) in [5, 5.41) is 11.2. The predicted octanol–water partition coefficient (Wildman–Crippen LogP) is 2.78. The van der Waals surface area contributed by atoms with Crippen LogP contribution < -0.4 is 4.90 Å². The first-order chi connectivity index (χ1) is 9.31. The summed E-state index contributed by atoms with van der Waals surface area (Å²) in [6.45, 7) is 6.45. The third kappa shape index (κ3) is 5.05. The van der Waals surface area contributed by atoms with Crippen molar-refractivity contribution in [3.8, 4) is 0 Å². The molecule has 6 nitrogen and oxygen atoms in total. The molecule has 7 heteroatoms. The Kier molecular flexibility index (Phi) is 6.35. The lowest BCUT2D eigenvalue weighted by atomic mass is 10.2. The summed E-state index contributed by atoms with van der Waals surface area (Å²) in [6, 6.07) is 1.51. The van der Waals surface area contributed by atoms with Gasteiger partial charge in [0, 0.05) is 36.4 Å². The van der Waals surface area contributed by atoms with Crippen LogP contribution in [0.5, 0.6) is 0 Å². The molecule has 0 bridgehead atoms. The molecule has 0 aromatic carbocycles. The highest BCUT2D eigenvalue weighted by molar-refractivity contribution is 9.10. The van der Waals surface area contributed by atoms with Gasteiger partial charge in [0.2, 0.25) is 5.82 Å². The van der Waals surface area contributed by atoms with E-state index >= 15 is 0 Å². The molecule has 0 unspecified atom stereocenters. The Labute approximate surface area is 128 Å². The minimum atomic E-state index is -0.379. The van der Waals surface area contributed by atoms with E-state index in [0.717, 1.165) is 13.1 Å². The van der Waals surface area contributed by atoms with Gasteiger partial charge in [-0.1, -0.05) is 13.8 Å². The SMILES string of the molecule is CC(C)CN(CCN(C)C)c1ncc(Br)cc1[N+](=O)[O-]. The summed E-state index contributed by atoms with van der Waals surface area (Å²) in [7, 11) is 3.97. The average molecular weight is 345 g/mol. The third-order valence-corrected chi connectivity index (χ3v) is 3.15. The average Bonchev–Trinajstić information content (AvgIpc) is 2.33. The maximum atomic E-state index is 11.2. The van der Waals surface area contributed by atoms with Gasteiger partial charge in [0.05, 0.1) is 4.92 Å². The number of halogens is 1. The Balaban J connectivity index is 3.08. The molecule has 1 aromatic rings. The van der Waals surface area contributed by atoms with Gasteiger partial charge in [-0.2, -0.15) is 0 Å². The van der Waals surface area contributed by atoms with E-state index < -0.39 is 0 Å². The van der Waals surface area contributed by atoms with Gasteiger partial charge in [-0.25, -0.2) is 4.98 Å². The molecule has 1 rings (SSSR count). The van der Waals surface area contributed by atoms with Gasteiger partial charge < -0.3 is 9.80 Å². The molecule has 112 valence electrons. The summed E-state index contributed by atoms with van der Waals surface area (Å²) in [5.41, 5.74) is 0.0405. The van der Waals surface area contributed by atoms with Gasteiger partial charge in [0.1, 0.15) is 0 Å². The van der Waals surface area contributed by atoms with E-state index in [1.54, 1.807) is 6.20 Å². The smallest absolute Gasteiger partial charge is 0.312 e. The van der Waals surface area contributed by atoms with Crippen molar-refractivity contribution in [2.24, 2.45) is 5.92 Å². The monoisotopic (exact) mass is 344 g/mol. The fourth-order valence-corrected chi connectivity index (χ4v) is 2.16. The molecule has 1 heterocycles. The van der Waals surface area contributed by atoms with E-state index in [2.05, 4.69) is 39.7 Å². The Morgan fingerprint density at radius 1 is 1.40 bits per heavy atom. The second kappa shape index (κ2) is 7.54. The first kappa shape index (κ1) is 16.8. The predicted molar refractivity (Wildman–Crippen MR) is 84.2 cm³/mol. The molecule has 0 N–H and O–H groups in total. The highest BCUT2D eigenvalue weighted by atomic mass is 79.9. The van der Waals surface area contributed by atoms with Crippen LogP contribution in [0.4, 0.5) is 11.5 Å². The summed E-state index contributed by atoms with van der Waals surface area (Å²) >= 11 is 3.23. The van der Waals surface area contributed by atoms with Crippen molar-refractivity contribution >= 4 is 27.4 Å². The normalized spacial score (nSPS) is 11.2. The minimum Gasteiger partial charge on any atom is -0.349 e. The van der Waals surface area contributed by atoms with Gasteiger partial charge in [-0.15, -0.1) is 0 Å². The second-order valence-electron chi connectivity index (χ2n) is 5.40. The van der Waals surface area contributed by atoms with Crippen molar-refractivity contribution < 1.29 is 4.92 Å². The fourth-order valence-electron chi connectivity index (χ4n) is 1.84. The fraction of sp³-hybridized carbons (Fsp3) is 0.615. The van der Waals surface area contributed by atoms with Crippen LogP contribution in [0, 0.1) is 16.0 Å². The molecule has 0 amide bonds. The van der Waals surface area contributed by atoms with E-state index in [9.17, 15) is 10.1 Å². The van der Waals surface area contributed by atoms with Gasteiger partial charge in [0.25, 0.3) is 0 Å². The summed E-state index contributed by atoms with van der Waals surface area (Å²) < 4.78 is 0.616. The van der Waals surface area contributed by atoms with E-state index in [1.807, 2.05) is 19.0 Å². The van der Waals surface area contributed by atoms with Crippen LogP contribution in [0.2, 0.25) is 0 Å². The Bertz CT molecular complexity index is 466. The number of rotatable bonds is 7. The zero-order chi connectivity index (χ0) is 15.3. The van der Waals surface area contributed by atoms with Crippen LogP contribution in [0.25, 0.3) is 0 Å². The van der Waals surface area contributed by atoms with E-state index in [-0.39, 0.29) is 10.6 Å². The number of hydrogen-bond donors (Lipinski definition) is 0. The zero-order valence-electron chi connectivity index (χ0n) is 12.3. The summed E-state index contributed by atoms with van der Waals surface area (Å²) in [6.07, 6.45) is 1.60. The topological polar surface area (TPSA) is 62.5 Å². The molecule has 0 spiro atoms. The number of nitrogens with zero attached hydrogens (tertiary/aromatic N) is 4. The van der Waals surface area contributed by atoms with Crippen molar-refractivity contribution in [2.75, 3.05) is 38.6 Å². The molecule has 20 heavy (non-hydrogen) atoms. The molecule has 0 aliphatic carbocycles. The molecule has 0 saturated heterocycles. The molecule has 1 aromatic heterocycles. The lowest BCUT2D eigenvalue weighted by molar-refractivity contribution is -0.384. The van der Waals surface area contributed by atoms with Crippen LogP contribution in [0.3, 0.4) is 0 Å². The molecular formula is C13H21BrN4O2. The van der Waals surface area contributed by atoms with Gasteiger partial charge in [0.15, 0.2) is 0 Å². The first-order valence-corrected chi connectivity index (χ1v) is 7.30. The Hall–Kier alpha value is -1.21. The third-order valence-electron chi connectivity index (χ3n) is 2.71. The van der Waals surface area contributed by atoms with Crippen LogP contribution in [0.15, 0.2) is 16.7 Å². The van der Waals surface area contributed by atoms with Gasteiger partial charge in [-0.3, -0.25) is 10.1 Å². The van der Waals surface area contributed by atoms with Crippen LogP contribution in [0.1, 0.15) is 13.8 Å². The number of nitro groups is 1. The minimum absolute atomic E-state index is 0.0405. The van der Waals surface area contributed by atoms with Gasteiger partial charge in [-0.05, 0) is 35.9 Å². The number of aromatic nitrogens is 1. The quantitative estimate of drug-likeness (QED) is 0.562. The zero-order valence-corrected chi connectivity index (χ0v) is 13.9. The maximum absolute atomic E-state index is 11.2. The van der Waals surface area contributed by atoms with Crippen molar-refractivity contribution in [3.63, 3.8) is 0 Å².